The second-order valence-corrected chi connectivity index (χ2v) is 6.61. The van der Waals surface area contributed by atoms with Crippen molar-refractivity contribution in [2.24, 2.45) is 0 Å². The summed E-state index contributed by atoms with van der Waals surface area (Å²) in [5.41, 5.74) is 2.56. The molecule has 1 aromatic heterocycles. The summed E-state index contributed by atoms with van der Waals surface area (Å²) in [6.07, 6.45) is 3.94. The number of nitrogens with one attached hydrogen (secondary N) is 1. The van der Waals surface area contributed by atoms with Crippen molar-refractivity contribution >= 4 is 11.6 Å². The number of nitrogens with zero attached hydrogens (tertiary/aromatic N) is 4. The van der Waals surface area contributed by atoms with Crippen molar-refractivity contribution < 1.29 is 4.74 Å². The number of aromatic nitrogens is 2. The maximum atomic E-state index is 5.19. The van der Waals surface area contributed by atoms with Crippen LogP contribution in [0.3, 0.4) is 0 Å². The number of methoxy groups -OCH3 is 1. The Balaban J connectivity index is 1.50. The van der Waals surface area contributed by atoms with Crippen LogP contribution < -0.4 is 19.9 Å². The van der Waals surface area contributed by atoms with Crippen molar-refractivity contribution in [3.8, 4) is 5.88 Å². The van der Waals surface area contributed by atoms with E-state index >= 15 is 0 Å². The average Bonchev–Trinajstić information content (AvgIpc) is 2.67. The number of rotatable bonds is 6. The molecule has 0 atom stereocenters. The topological polar surface area (TPSA) is 53.5 Å². The van der Waals surface area contributed by atoms with E-state index in [1.807, 2.05) is 0 Å². The average molecular weight is 341 g/mol. The van der Waals surface area contributed by atoms with Gasteiger partial charge in [-0.2, -0.15) is 4.98 Å². The van der Waals surface area contributed by atoms with Crippen LogP contribution in [0.4, 0.5) is 11.6 Å². The predicted molar refractivity (Wildman–Crippen MR) is 101 cm³/mol. The van der Waals surface area contributed by atoms with Gasteiger partial charge in [0.1, 0.15) is 0 Å². The van der Waals surface area contributed by atoms with Crippen LogP contribution in [0.25, 0.3) is 0 Å². The first-order chi connectivity index (χ1) is 12.2. The number of hydrogen-bond acceptors (Lipinski definition) is 6. The number of hydrogen-bond donors (Lipinski definition) is 1. The smallest absolute Gasteiger partial charge is 0.228 e. The zero-order chi connectivity index (χ0) is 17.6. The van der Waals surface area contributed by atoms with E-state index in [4.69, 9.17) is 4.74 Å². The van der Waals surface area contributed by atoms with Crippen LogP contribution in [0.1, 0.15) is 18.4 Å². The van der Waals surface area contributed by atoms with Crippen molar-refractivity contribution in [1.29, 1.82) is 0 Å². The summed E-state index contributed by atoms with van der Waals surface area (Å²) in [4.78, 5) is 13.2. The maximum absolute atomic E-state index is 5.19. The third-order valence-electron chi connectivity index (χ3n) is 4.63. The Kier molecular flexibility index (Phi) is 5.71. The Morgan fingerprint density at radius 3 is 2.76 bits per heavy atom. The monoisotopic (exact) mass is 341 g/mol. The molecule has 134 valence electrons. The van der Waals surface area contributed by atoms with Crippen LogP contribution in [0.2, 0.25) is 0 Å². The summed E-state index contributed by atoms with van der Waals surface area (Å²) in [7, 11) is 5.78. The van der Waals surface area contributed by atoms with Gasteiger partial charge in [-0.15, -0.1) is 0 Å². The highest BCUT2D eigenvalue weighted by atomic mass is 16.5. The van der Waals surface area contributed by atoms with Crippen molar-refractivity contribution in [1.82, 2.24) is 15.3 Å². The Hall–Kier alpha value is -2.34. The van der Waals surface area contributed by atoms with E-state index in [1.165, 1.54) is 11.3 Å². The first-order valence-corrected chi connectivity index (χ1v) is 8.77. The van der Waals surface area contributed by atoms with Gasteiger partial charge in [0.25, 0.3) is 0 Å². The minimum Gasteiger partial charge on any atom is -0.481 e. The number of anilines is 2. The van der Waals surface area contributed by atoms with Gasteiger partial charge in [0.15, 0.2) is 0 Å². The van der Waals surface area contributed by atoms with Crippen molar-refractivity contribution in [3.63, 3.8) is 0 Å². The molecule has 0 amide bonds. The molecular weight excluding hydrogens is 314 g/mol. The molecule has 0 spiro atoms. The minimum absolute atomic E-state index is 0.532. The van der Waals surface area contributed by atoms with E-state index in [0.29, 0.717) is 11.9 Å². The molecule has 2 heterocycles. The molecule has 1 N–H and O–H groups in total. The first kappa shape index (κ1) is 17.5. The molecule has 1 fully saturated rings. The number of benzene rings is 1. The maximum Gasteiger partial charge on any atom is 0.228 e. The van der Waals surface area contributed by atoms with E-state index < -0.39 is 0 Å². The molecule has 6 nitrogen and oxygen atoms in total. The lowest BCUT2D eigenvalue weighted by atomic mass is 10.0. The zero-order valence-electron chi connectivity index (χ0n) is 15.3. The van der Waals surface area contributed by atoms with Gasteiger partial charge >= 0.3 is 0 Å². The van der Waals surface area contributed by atoms with Crippen LogP contribution in [0.15, 0.2) is 36.5 Å². The van der Waals surface area contributed by atoms with Gasteiger partial charge in [0.2, 0.25) is 11.8 Å². The molecule has 0 saturated carbocycles. The van der Waals surface area contributed by atoms with E-state index in [1.54, 1.807) is 19.4 Å². The normalized spacial score (nSPS) is 15.2. The summed E-state index contributed by atoms with van der Waals surface area (Å²) in [5.74, 6) is 1.38. The highest BCUT2D eigenvalue weighted by Gasteiger charge is 2.20. The Labute approximate surface area is 149 Å². The molecule has 0 aliphatic carbocycles. The molecule has 1 saturated heterocycles. The van der Waals surface area contributed by atoms with Gasteiger partial charge in [-0.05, 0) is 30.5 Å². The largest absolute Gasteiger partial charge is 0.481 e. The SMILES string of the molecule is COc1ccnc(N2CCC(NCc3cccc(N(C)C)c3)CC2)n1. The molecule has 1 aromatic carbocycles. The van der Waals surface area contributed by atoms with Crippen molar-refractivity contribution in [2.75, 3.05) is 44.1 Å². The minimum atomic E-state index is 0.532. The van der Waals surface area contributed by atoms with Gasteiger partial charge in [0.05, 0.1) is 7.11 Å². The fraction of sp³-hybridized carbons (Fsp3) is 0.474. The number of piperidine rings is 1. The summed E-state index contributed by atoms with van der Waals surface area (Å²) in [6, 6.07) is 11.0. The lowest BCUT2D eigenvalue weighted by Gasteiger charge is -2.32. The molecule has 0 bridgehead atoms. The molecule has 25 heavy (non-hydrogen) atoms. The van der Waals surface area contributed by atoms with Gasteiger partial charge < -0.3 is 19.9 Å². The summed E-state index contributed by atoms with van der Waals surface area (Å²) < 4.78 is 5.19. The quantitative estimate of drug-likeness (QED) is 0.870. The van der Waals surface area contributed by atoms with Gasteiger partial charge in [-0.3, -0.25) is 0 Å². The zero-order valence-corrected chi connectivity index (χ0v) is 15.3. The third kappa shape index (κ3) is 4.60. The molecule has 3 rings (SSSR count). The van der Waals surface area contributed by atoms with E-state index in [2.05, 4.69) is 63.4 Å². The van der Waals surface area contributed by atoms with Crippen molar-refractivity contribution in [2.45, 2.75) is 25.4 Å². The van der Waals surface area contributed by atoms with Crippen LogP contribution >= 0.6 is 0 Å². The summed E-state index contributed by atoms with van der Waals surface area (Å²) in [5, 5.41) is 3.69. The second-order valence-electron chi connectivity index (χ2n) is 6.61. The van der Waals surface area contributed by atoms with E-state index in [9.17, 15) is 0 Å². The van der Waals surface area contributed by atoms with Crippen LogP contribution in [0, 0.1) is 0 Å². The summed E-state index contributed by atoms with van der Waals surface area (Å²) >= 11 is 0. The molecule has 1 aliphatic heterocycles. The Bertz CT molecular complexity index is 683. The fourth-order valence-electron chi connectivity index (χ4n) is 3.09. The lowest BCUT2D eigenvalue weighted by molar-refractivity contribution is 0.391. The molecule has 0 unspecified atom stereocenters. The van der Waals surface area contributed by atoms with E-state index in [-0.39, 0.29) is 0 Å². The fourth-order valence-corrected chi connectivity index (χ4v) is 3.09. The molecule has 0 radical (unpaired) electrons. The van der Waals surface area contributed by atoms with Gasteiger partial charge in [0, 0.05) is 57.7 Å². The molecule has 2 aromatic rings. The van der Waals surface area contributed by atoms with Crippen LogP contribution in [-0.2, 0) is 6.54 Å². The van der Waals surface area contributed by atoms with Crippen molar-refractivity contribution in [3.05, 3.63) is 42.1 Å². The molecule has 6 heteroatoms. The summed E-state index contributed by atoms with van der Waals surface area (Å²) in [6.45, 7) is 2.83. The Morgan fingerprint density at radius 1 is 1.24 bits per heavy atom. The molecular formula is C19H27N5O. The second kappa shape index (κ2) is 8.16. The standard InChI is InChI=1S/C19H27N5O/c1-23(2)17-6-4-5-15(13-17)14-21-16-8-11-24(12-9-16)19-20-10-7-18(22-19)25-3/h4-7,10,13,16,21H,8-9,11-12,14H2,1-3H3. The Morgan fingerprint density at radius 2 is 2.04 bits per heavy atom. The van der Waals surface area contributed by atoms with Crippen LogP contribution in [-0.4, -0.2) is 50.3 Å². The molecule has 1 aliphatic rings. The predicted octanol–water partition coefficient (Wildman–Crippen LogP) is 2.31. The highest BCUT2D eigenvalue weighted by Crippen LogP contribution is 2.19. The highest BCUT2D eigenvalue weighted by molar-refractivity contribution is 5.47. The van der Waals surface area contributed by atoms with Crippen LogP contribution in [0.5, 0.6) is 5.88 Å². The lowest BCUT2D eigenvalue weighted by Crippen LogP contribution is -2.42. The van der Waals surface area contributed by atoms with E-state index in [0.717, 1.165) is 38.4 Å². The van der Waals surface area contributed by atoms with Gasteiger partial charge in [-0.1, -0.05) is 12.1 Å². The first-order valence-electron chi connectivity index (χ1n) is 8.77. The van der Waals surface area contributed by atoms with Gasteiger partial charge in [-0.25, -0.2) is 4.98 Å². The number of ether oxygens (including phenoxy) is 1. The third-order valence-corrected chi connectivity index (χ3v) is 4.63.